The van der Waals surface area contributed by atoms with Crippen molar-refractivity contribution in [2.75, 3.05) is 7.05 Å². The first kappa shape index (κ1) is 18.7. The van der Waals surface area contributed by atoms with Gasteiger partial charge < -0.3 is 14.1 Å². The number of carbonyl (C=O) groups is 1. The SMILES string of the molecule is CN(Cc1ccc(Br)o1)C(=O)c1cccc(OCc2ccccc2C#N)c1. The summed E-state index contributed by atoms with van der Waals surface area (Å²) in [6.45, 7) is 0.628. The predicted molar refractivity (Wildman–Crippen MR) is 104 cm³/mol. The third kappa shape index (κ3) is 4.78. The number of hydrogen-bond donors (Lipinski definition) is 0. The number of furan rings is 1. The van der Waals surface area contributed by atoms with E-state index in [1.54, 1.807) is 48.3 Å². The lowest BCUT2D eigenvalue weighted by Gasteiger charge is -2.16. The van der Waals surface area contributed by atoms with E-state index in [1.807, 2.05) is 24.3 Å². The monoisotopic (exact) mass is 424 g/mol. The molecule has 0 aliphatic carbocycles. The zero-order valence-corrected chi connectivity index (χ0v) is 16.3. The van der Waals surface area contributed by atoms with Gasteiger partial charge in [-0.25, -0.2) is 0 Å². The highest BCUT2D eigenvalue weighted by atomic mass is 79.9. The number of rotatable bonds is 6. The molecule has 2 aromatic carbocycles. The maximum Gasteiger partial charge on any atom is 0.254 e. The fourth-order valence-electron chi connectivity index (χ4n) is 2.60. The second kappa shape index (κ2) is 8.56. The summed E-state index contributed by atoms with van der Waals surface area (Å²) in [4.78, 5) is 14.2. The van der Waals surface area contributed by atoms with Crippen molar-refractivity contribution in [2.45, 2.75) is 13.2 Å². The fraction of sp³-hybridized carbons (Fsp3) is 0.143. The number of carbonyl (C=O) groups excluding carboxylic acids is 1. The van der Waals surface area contributed by atoms with Gasteiger partial charge in [0.2, 0.25) is 0 Å². The Kier molecular flexibility index (Phi) is 5.94. The molecule has 0 atom stereocenters. The Morgan fingerprint density at radius 3 is 2.74 bits per heavy atom. The second-order valence-corrected chi connectivity index (χ2v) is 6.73. The molecule has 5 nitrogen and oxygen atoms in total. The van der Waals surface area contributed by atoms with Crippen LogP contribution in [0, 0.1) is 11.3 Å². The first-order valence-corrected chi connectivity index (χ1v) is 9.06. The van der Waals surface area contributed by atoms with Gasteiger partial charge in [0.05, 0.1) is 18.2 Å². The maximum absolute atomic E-state index is 12.7. The van der Waals surface area contributed by atoms with Crippen LogP contribution in [-0.4, -0.2) is 17.9 Å². The smallest absolute Gasteiger partial charge is 0.254 e. The molecule has 0 saturated heterocycles. The Balaban J connectivity index is 1.67. The number of amides is 1. The average molecular weight is 425 g/mol. The van der Waals surface area contributed by atoms with Crippen molar-refractivity contribution in [1.82, 2.24) is 4.90 Å². The first-order chi connectivity index (χ1) is 13.1. The van der Waals surface area contributed by atoms with Gasteiger partial charge >= 0.3 is 0 Å². The van der Waals surface area contributed by atoms with Crippen molar-refractivity contribution in [3.05, 3.63) is 87.8 Å². The third-order valence-corrected chi connectivity index (χ3v) is 4.41. The van der Waals surface area contributed by atoms with Crippen LogP contribution in [0.1, 0.15) is 27.2 Å². The molecule has 3 aromatic rings. The minimum atomic E-state index is -0.134. The van der Waals surface area contributed by atoms with E-state index >= 15 is 0 Å². The summed E-state index contributed by atoms with van der Waals surface area (Å²) in [5, 5.41) is 9.15. The summed E-state index contributed by atoms with van der Waals surface area (Å²) in [5.74, 6) is 1.13. The minimum Gasteiger partial charge on any atom is -0.489 e. The summed E-state index contributed by atoms with van der Waals surface area (Å²) >= 11 is 3.25. The lowest BCUT2D eigenvalue weighted by molar-refractivity contribution is 0.0774. The molecule has 0 aliphatic heterocycles. The van der Waals surface area contributed by atoms with Gasteiger partial charge in [0.15, 0.2) is 4.67 Å². The van der Waals surface area contributed by atoms with E-state index in [9.17, 15) is 4.79 Å². The summed E-state index contributed by atoms with van der Waals surface area (Å²) in [7, 11) is 1.72. The molecule has 0 fully saturated rings. The van der Waals surface area contributed by atoms with Crippen LogP contribution in [0.15, 0.2) is 69.8 Å². The standard InChI is InChI=1S/C21H17BrN2O3/c1-24(13-19-9-10-20(22)27-19)21(25)15-7-4-8-18(11-15)26-14-17-6-3-2-5-16(17)12-23/h2-11H,13-14H2,1H3. The summed E-state index contributed by atoms with van der Waals surface area (Å²) in [6, 6.07) is 20.0. The van der Waals surface area contributed by atoms with Crippen LogP contribution >= 0.6 is 15.9 Å². The van der Waals surface area contributed by atoms with Gasteiger partial charge in [-0.1, -0.05) is 24.3 Å². The Morgan fingerprint density at radius 2 is 2.00 bits per heavy atom. The zero-order chi connectivity index (χ0) is 19.2. The van der Waals surface area contributed by atoms with Crippen molar-refractivity contribution in [3.8, 4) is 11.8 Å². The number of nitrogens with zero attached hydrogens (tertiary/aromatic N) is 2. The highest BCUT2D eigenvalue weighted by molar-refractivity contribution is 9.10. The molecule has 0 saturated carbocycles. The predicted octanol–water partition coefficient (Wildman–Crippen LogP) is 4.76. The number of ether oxygens (including phenoxy) is 1. The number of nitriles is 1. The molecule has 3 rings (SSSR count). The highest BCUT2D eigenvalue weighted by Crippen LogP contribution is 2.19. The van der Waals surface area contributed by atoms with Crippen LogP contribution < -0.4 is 4.74 Å². The fourth-order valence-corrected chi connectivity index (χ4v) is 2.94. The summed E-state index contributed by atoms with van der Waals surface area (Å²) < 4.78 is 11.9. The molecule has 0 bridgehead atoms. The van der Waals surface area contributed by atoms with Crippen LogP contribution in [0.3, 0.4) is 0 Å². The van der Waals surface area contributed by atoms with Crippen molar-refractivity contribution >= 4 is 21.8 Å². The molecule has 27 heavy (non-hydrogen) atoms. The molecule has 1 heterocycles. The average Bonchev–Trinajstić information content (AvgIpc) is 3.10. The van der Waals surface area contributed by atoms with Crippen LogP contribution in [0.2, 0.25) is 0 Å². The Morgan fingerprint density at radius 1 is 1.19 bits per heavy atom. The summed E-state index contributed by atoms with van der Waals surface area (Å²) in [6.07, 6.45) is 0. The van der Waals surface area contributed by atoms with Gasteiger partial charge in [-0.2, -0.15) is 5.26 Å². The topological polar surface area (TPSA) is 66.5 Å². The van der Waals surface area contributed by atoms with Crippen LogP contribution in [-0.2, 0) is 13.2 Å². The number of hydrogen-bond acceptors (Lipinski definition) is 4. The van der Waals surface area contributed by atoms with Gasteiger partial charge in [-0.15, -0.1) is 0 Å². The van der Waals surface area contributed by atoms with Gasteiger partial charge in [0.25, 0.3) is 5.91 Å². The molecule has 0 unspecified atom stereocenters. The van der Waals surface area contributed by atoms with Crippen LogP contribution in [0.25, 0.3) is 0 Å². The Labute approximate surface area is 165 Å². The number of benzene rings is 2. The van der Waals surface area contributed by atoms with Gasteiger partial charge in [-0.3, -0.25) is 4.79 Å². The molecule has 136 valence electrons. The van der Waals surface area contributed by atoms with Gasteiger partial charge in [0, 0.05) is 18.2 Å². The quantitative estimate of drug-likeness (QED) is 0.571. The normalized spacial score (nSPS) is 10.3. The lowest BCUT2D eigenvalue weighted by Crippen LogP contribution is -2.25. The molecule has 0 aliphatic rings. The van der Waals surface area contributed by atoms with Crippen molar-refractivity contribution in [2.24, 2.45) is 0 Å². The Bertz CT molecular complexity index is 991. The highest BCUT2D eigenvalue weighted by Gasteiger charge is 2.14. The lowest BCUT2D eigenvalue weighted by atomic mass is 10.1. The molecule has 6 heteroatoms. The van der Waals surface area contributed by atoms with Crippen LogP contribution in [0.4, 0.5) is 0 Å². The van der Waals surface area contributed by atoms with E-state index in [-0.39, 0.29) is 12.5 Å². The Hall–Kier alpha value is -3.04. The minimum absolute atomic E-state index is 0.134. The molecule has 0 N–H and O–H groups in total. The van der Waals surface area contributed by atoms with E-state index in [1.165, 1.54) is 0 Å². The van der Waals surface area contributed by atoms with E-state index in [4.69, 9.17) is 14.4 Å². The molecular weight excluding hydrogens is 408 g/mol. The maximum atomic E-state index is 12.7. The van der Waals surface area contributed by atoms with Gasteiger partial charge in [0.1, 0.15) is 18.1 Å². The van der Waals surface area contributed by atoms with E-state index in [2.05, 4.69) is 22.0 Å². The van der Waals surface area contributed by atoms with Gasteiger partial charge in [-0.05, 0) is 52.3 Å². The summed E-state index contributed by atoms with van der Waals surface area (Å²) in [5.41, 5.74) is 1.90. The van der Waals surface area contributed by atoms with E-state index in [0.717, 1.165) is 5.56 Å². The van der Waals surface area contributed by atoms with Crippen molar-refractivity contribution in [3.63, 3.8) is 0 Å². The zero-order valence-electron chi connectivity index (χ0n) is 14.7. The van der Waals surface area contributed by atoms with E-state index in [0.29, 0.717) is 33.9 Å². The molecule has 0 radical (unpaired) electrons. The first-order valence-electron chi connectivity index (χ1n) is 8.27. The van der Waals surface area contributed by atoms with Crippen molar-refractivity contribution in [1.29, 1.82) is 5.26 Å². The molecule has 1 aromatic heterocycles. The largest absolute Gasteiger partial charge is 0.489 e. The van der Waals surface area contributed by atoms with Crippen molar-refractivity contribution < 1.29 is 13.9 Å². The molecule has 0 spiro atoms. The van der Waals surface area contributed by atoms with E-state index < -0.39 is 0 Å². The third-order valence-electron chi connectivity index (χ3n) is 3.98. The second-order valence-electron chi connectivity index (χ2n) is 5.95. The molecule has 1 amide bonds. The van der Waals surface area contributed by atoms with Crippen LogP contribution in [0.5, 0.6) is 5.75 Å². The number of halogens is 1. The molecular formula is C21H17BrN2O3.